The van der Waals surface area contributed by atoms with Crippen LogP contribution in [0.2, 0.25) is 0 Å². The summed E-state index contributed by atoms with van der Waals surface area (Å²) in [6.45, 7) is 3.40. The van der Waals surface area contributed by atoms with Crippen LogP contribution < -0.4 is 5.32 Å². The molecule has 0 aromatic carbocycles. The summed E-state index contributed by atoms with van der Waals surface area (Å²) >= 11 is 0. The monoisotopic (exact) mass is 168 g/mol. The third-order valence-corrected chi connectivity index (χ3v) is 2.42. The highest BCUT2D eigenvalue weighted by Crippen LogP contribution is 2.38. The number of nitrogens with zero attached hydrogens (tertiary/aromatic N) is 1. The first-order chi connectivity index (χ1) is 5.73. The van der Waals surface area contributed by atoms with E-state index >= 15 is 0 Å². The Morgan fingerprint density at radius 3 is 2.75 bits per heavy atom. The zero-order valence-electron chi connectivity index (χ0n) is 7.76. The molecule has 0 amide bonds. The van der Waals surface area contributed by atoms with Gasteiger partial charge in [0.05, 0.1) is 12.7 Å². The minimum Gasteiger partial charge on any atom is -0.383 e. The second-order valence-electron chi connectivity index (χ2n) is 3.51. The maximum Gasteiger partial charge on any atom is 0.106 e. The van der Waals surface area contributed by atoms with Crippen LogP contribution in [0.4, 0.5) is 0 Å². The topological polar surface area (TPSA) is 45.0 Å². The lowest BCUT2D eigenvalue weighted by Crippen LogP contribution is -2.44. The Bertz CT molecular complexity index is 183. The van der Waals surface area contributed by atoms with E-state index in [1.165, 1.54) is 12.8 Å². The molecule has 1 aliphatic carbocycles. The predicted octanol–water partition coefficient (Wildman–Crippen LogP) is 0.915. The summed E-state index contributed by atoms with van der Waals surface area (Å²) in [6.07, 6.45) is 2.37. The molecule has 68 valence electrons. The van der Waals surface area contributed by atoms with E-state index in [2.05, 4.69) is 11.4 Å². The van der Waals surface area contributed by atoms with Crippen molar-refractivity contribution in [2.24, 2.45) is 5.92 Å². The molecule has 1 fully saturated rings. The van der Waals surface area contributed by atoms with Crippen molar-refractivity contribution in [1.29, 1.82) is 5.26 Å². The van der Waals surface area contributed by atoms with Crippen LogP contribution in [-0.4, -0.2) is 25.8 Å². The Kier molecular flexibility index (Phi) is 3.07. The number of methoxy groups -OCH3 is 1. The molecular formula is C9H16N2O. The van der Waals surface area contributed by atoms with Crippen molar-refractivity contribution in [3.05, 3.63) is 0 Å². The molecule has 0 aromatic rings. The fourth-order valence-electron chi connectivity index (χ4n) is 1.35. The molecule has 1 aliphatic rings. The van der Waals surface area contributed by atoms with Crippen molar-refractivity contribution >= 4 is 0 Å². The molecule has 1 saturated carbocycles. The van der Waals surface area contributed by atoms with Gasteiger partial charge in [-0.2, -0.15) is 5.26 Å². The molecule has 0 bridgehead atoms. The number of rotatable bonds is 5. The Morgan fingerprint density at radius 1 is 1.67 bits per heavy atom. The Morgan fingerprint density at radius 2 is 2.33 bits per heavy atom. The highest BCUT2D eigenvalue weighted by Gasteiger charge is 2.41. The number of ether oxygens (including phenoxy) is 1. The van der Waals surface area contributed by atoms with Gasteiger partial charge < -0.3 is 4.74 Å². The molecule has 0 heterocycles. The van der Waals surface area contributed by atoms with Crippen LogP contribution in [0.25, 0.3) is 0 Å². The van der Waals surface area contributed by atoms with Crippen LogP contribution in [0.3, 0.4) is 0 Å². The van der Waals surface area contributed by atoms with E-state index in [1.807, 2.05) is 6.92 Å². The van der Waals surface area contributed by atoms with E-state index < -0.39 is 0 Å². The fraction of sp³-hybridized carbons (Fsp3) is 0.889. The van der Waals surface area contributed by atoms with Gasteiger partial charge in [0.1, 0.15) is 5.54 Å². The van der Waals surface area contributed by atoms with Crippen LogP contribution in [0, 0.1) is 17.2 Å². The normalized spacial score (nSPS) is 21.4. The second kappa shape index (κ2) is 3.88. The summed E-state index contributed by atoms with van der Waals surface area (Å²) in [4.78, 5) is 0. The smallest absolute Gasteiger partial charge is 0.106 e. The first-order valence-electron chi connectivity index (χ1n) is 4.38. The molecule has 0 spiro atoms. The van der Waals surface area contributed by atoms with Crippen molar-refractivity contribution in [3.8, 4) is 6.07 Å². The van der Waals surface area contributed by atoms with Crippen LogP contribution in [0.15, 0.2) is 0 Å². The Hall–Kier alpha value is -0.590. The van der Waals surface area contributed by atoms with Gasteiger partial charge in [0.15, 0.2) is 0 Å². The van der Waals surface area contributed by atoms with Gasteiger partial charge in [-0.3, -0.25) is 5.32 Å². The molecule has 12 heavy (non-hydrogen) atoms. The number of hydrogen-bond donors (Lipinski definition) is 1. The van der Waals surface area contributed by atoms with E-state index in [0.29, 0.717) is 12.5 Å². The minimum atomic E-state index is -0.321. The predicted molar refractivity (Wildman–Crippen MR) is 46.6 cm³/mol. The van der Waals surface area contributed by atoms with Crippen LogP contribution in [0.5, 0.6) is 0 Å². The third-order valence-electron chi connectivity index (χ3n) is 2.42. The quantitative estimate of drug-likeness (QED) is 0.621. The van der Waals surface area contributed by atoms with Crippen LogP contribution in [-0.2, 0) is 4.74 Å². The first kappa shape index (κ1) is 9.50. The molecule has 0 saturated heterocycles. The molecule has 0 aromatic heterocycles. The zero-order chi connectivity index (χ0) is 9.03. The molecule has 3 nitrogen and oxygen atoms in total. The maximum absolute atomic E-state index is 8.94. The zero-order valence-corrected chi connectivity index (χ0v) is 7.76. The summed E-state index contributed by atoms with van der Waals surface area (Å²) in [7, 11) is 1.67. The SMILES string of the molecule is COCCNC(C)(C#N)C1CC1. The molecule has 1 rings (SSSR count). The van der Waals surface area contributed by atoms with Crippen LogP contribution >= 0.6 is 0 Å². The first-order valence-corrected chi connectivity index (χ1v) is 4.38. The van der Waals surface area contributed by atoms with Gasteiger partial charge >= 0.3 is 0 Å². The molecule has 1 unspecified atom stereocenters. The van der Waals surface area contributed by atoms with Gasteiger partial charge in [-0.1, -0.05) is 0 Å². The lowest BCUT2D eigenvalue weighted by atomic mass is 9.98. The molecule has 0 aliphatic heterocycles. The van der Waals surface area contributed by atoms with Gasteiger partial charge in [-0.05, 0) is 25.7 Å². The molecular weight excluding hydrogens is 152 g/mol. The summed E-state index contributed by atoms with van der Waals surface area (Å²) in [5, 5.41) is 12.2. The lowest BCUT2D eigenvalue weighted by molar-refractivity contribution is 0.190. The van der Waals surface area contributed by atoms with Crippen molar-refractivity contribution < 1.29 is 4.74 Å². The molecule has 1 atom stereocenters. The number of nitrogens with one attached hydrogen (secondary N) is 1. The van der Waals surface area contributed by atoms with Crippen molar-refractivity contribution in [1.82, 2.24) is 5.32 Å². The van der Waals surface area contributed by atoms with E-state index in [0.717, 1.165) is 6.54 Å². The van der Waals surface area contributed by atoms with E-state index in [4.69, 9.17) is 10.00 Å². The molecule has 1 N–H and O–H groups in total. The van der Waals surface area contributed by atoms with E-state index in [-0.39, 0.29) is 5.54 Å². The average Bonchev–Trinajstić information content (AvgIpc) is 2.87. The van der Waals surface area contributed by atoms with E-state index in [1.54, 1.807) is 7.11 Å². The van der Waals surface area contributed by atoms with Gasteiger partial charge in [0, 0.05) is 13.7 Å². The lowest BCUT2D eigenvalue weighted by Gasteiger charge is -2.22. The van der Waals surface area contributed by atoms with Crippen molar-refractivity contribution in [2.75, 3.05) is 20.3 Å². The largest absolute Gasteiger partial charge is 0.383 e. The standard InChI is InChI=1S/C9H16N2O/c1-9(7-10,8-3-4-8)11-5-6-12-2/h8,11H,3-6H2,1-2H3. The Balaban J connectivity index is 2.29. The Labute approximate surface area is 73.7 Å². The van der Waals surface area contributed by atoms with Gasteiger partial charge in [0.2, 0.25) is 0 Å². The van der Waals surface area contributed by atoms with Crippen molar-refractivity contribution in [2.45, 2.75) is 25.3 Å². The highest BCUT2D eigenvalue weighted by molar-refractivity contribution is 5.12. The van der Waals surface area contributed by atoms with Gasteiger partial charge in [-0.15, -0.1) is 0 Å². The average molecular weight is 168 g/mol. The summed E-state index contributed by atoms with van der Waals surface area (Å²) in [5.74, 6) is 0.555. The highest BCUT2D eigenvalue weighted by atomic mass is 16.5. The minimum absolute atomic E-state index is 0.321. The summed E-state index contributed by atoms with van der Waals surface area (Å²) in [5.41, 5.74) is -0.321. The second-order valence-corrected chi connectivity index (χ2v) is 3.51. The van der Waals surface area contributed by atoms with Gasteiger partial charge in [-0.25, -0.2) is 0 Å². The maximum atomic E-state index is 8.94. The fourth-order valence-corrected chi connectivity index (χ4v) is 1.35. The number of nitriles is 1. The van der Waals surface area contributed by atoms with E-state index in [9.17, 15) is 0 Å². The van der Waals surface area contributed by atoms with Crippen LogP contribution in [0.1, 0.15) is 19.8 Å². The van der Waals surface area contributed by atoms with Gasteiger partial charge in [0.25, 0.3) is 0 Å². The third kappa shape index (κ3) is 2.20. The summed E-state index contributed by atoms with van der Waals surface area (Å²) < 4.78 is 4.91. The molecule has 3 heteroatoms. The summed E-state index contributed by atoms with van der Waals surface area (Å²) in [6, 6.07) is 2.33. The number of hydrogen-bond acceptors (Lipinski definition) is 3. The van der Waals surface area contributed by atoms with Crippen molar-refractivity contribution in [3.63, 3.8) is 0 Å². The molecule has 0 radical (unpaired) electrons.